The Morgan fingerprint density at radius 2 is 2.06 bits per heavy atom. The van der Waals surface area contributed by atoms with Gasteiger partial charge >= 0.3 is 0 Å². The number of rotatable bonds is 7. The molecule has 0 aliphatic rings. The first-order valence-corrected chi connectivity index (χ1v) is 5.88. The lowest BCUT2D eigenvalue weighted by atomic mass is 10.2. The van der Waals surface area contributed by atoms with E-state index in [0.29, 0.717) is 18.2 Å². The van der Waals surface area contributed by atoms with Gasteiger partial charge in [-0.3, -0.25) is 0 Å². The van der Waals surface area contributed by atoms with E-state index >= 15 is 0 Å². The van der Waals surface area contributed by atoms with Crippen molar-refractivity contribution in [1.82, 2.24) is 0 Å². The van der Waals surface area contributed by atoms with Crippen LogP contribution in [0.2, 0.25) is 0 Å². The number of hydrogen-bond donors (Lipinski definition) is 2. The van der Waals surface area contributed by atoms with Crippen molar-refractivity contribution >= 4 is 11.4 Å². The second-order valence-electron chi connectivity index (χ2n) is 4.39. The minimum atomic E-state index is 0.572. The molecule has 0 unspecified atom stereocenters. The highest BCUT2D eigenvalue weighted by atomic mass is 16.5. The van der Waals surface area contributed by atoms with Crippen LogP contribution in [0, 0.1) is 5.92 Å². The van der Waals surface area contributed by atoms with E-state index in [4.69, 9.17) is 15.2 Å². The van der Waals surface area contributed by atoms with Crippen LogP contribution in [0.15, 0.2) is 18.2 Å². The van der Waals surface area contributed by atoms with E-state index in [1.807, 2.05) is 12.1 Å². The molecule has 96 valence electrons. The van der Waals surface area contributed by atoms with E-state index < -0.39 is 0 Å². The first kappa shape index (κ1) is 13.6. The van der Waals surface area contributed by atoms with Gasteiger partial charge in [0.05, 0.1) is 13.7 Å². The number of methoxy groups -OCH3 is 1. The third kappa shape index (κ3) is 5.45. The maximum Gasteiger partial charge on any atom is 0.122 e. The summed E-state index contributed by atoms with van der Waals surface area (Å²) in [5.41, 5.74) is 7.40. The Bertz CT molecular complexity index is 340. The summed E-state index contributed by atoms with van der Waals surface area (Å²) in [6.07, 6.45) is 0. The molecule has 1 aromatic rings. The molecule has 0 amide bonds. The first-order valence-electron chi connectivity index (χ1n) is 5.88. The Hall–Kier alpha value is -1.42. The van der Waals surface area contributed by atoms with E-state index in [-0.39, 0.29) is 0 Å². The molecule has 0 aromatic heterocycles. The first-order chi connectivity index (χ1) is 8.11. The molecule has 0 bridgehead atoms. The molecule has 0 saturated carbocycles. The highest BCUT2D eigenvalue weighted by Gasteiger charge is 1.99. The Kier molecular flexibility index (Phi) is 5.63. The number of ether oxygens (including phenoxy) is 2. The fraction of sp³-hybridized carbons (Fsp3) is 0.538. The van der Waals surface area contributed by atoms with Gasteiger partial charge in [0.1, 0.15) is 5.75 Å². The monoisotopic (exact) mass is 238 g/mol. The van der Waals surface area contributed by atoms with Crippen LogP contribution in [-0.4, -0.2) is 26.9 Å². The second kappa shape index (κ2) is 7.01. The molecule has 17 heavy (non-hydrogen) atoms. The van der Waals surface area contributed by atoms with E-state index in [1.165, 1.54) is 0 Å². The average Bonchev–Trinajstić information content (AvgIpc) is 2.27. The van der Waals surface area contributed by atoms with Crippen LogP contribution >= 0.6 is 0 Å². The third-order valence-electron chi connectivity index (χ3n) is 2.19. The highest BCUT2D eigenvalue weighted by molar-refractivity contribution is 5.59. The molecule has 4 nitrogen and oxygen atoms in total. The molecule has 0 atom stereocenters. The SMILES string of the molecule is COc1cc(N)cc(NCCOCC(C)C)c1. The zero-order chi connectivity index (χ0) is 12.7. The van der Waals surface area contributed by atoms with Gasteiger partial charge in [0, 0.05) is 36.7 Å². The number of benzene rings is 1. The summed E-state index contributed by atoms with van der Waals surface area (Å²) in [6, 6.07) is 5.59. The largest absolute Gasteiger partial charge is 0.497 e. The second-order valence-corrected chi connectivity index (χ2v) is 4.39. The highest BCUT2D eigenvalue weighted by Crippen LogP contribution is 2.21. The minimum Gasteiger partial charge on any atom is -0.497 e. The Balaban J connectivity index is 2.33. The number of anilines is 2. The van der Waals surface area contributed by atoms with Crippen molar-refractivity contribution < 1.29 is 9.47 Å². The van der Waals surface area contributed by atoms with Crippen LogP contribution in [0.25, 0.3) is 0 Å². The lowest BCUT2D eigenvalue weighted by molar-refractivity contribution is 0.118. The summed E-state index contributed by atoms with van der Waals surface area (Å²) < 4.78 is 10.6. The zero-order valence-corrected chi connectivity index (χ0v) is 10.8. The fourth-order valence-corrected chi connectivity index (χ4v) is 1.43. The van der Waals surface area contributed by atoms with E-state index in [2.05, 4.69) is 19.2 Å². The summed E-state index contributed by atoms with van der Waals surface area (Å²) in [6.45, 7) is 6.52. The molecule has 0 aliphatic carbocycles. The van der Waals surface area contributed by atoms with Crippen molar-refractivity contribution in [3.8, 4) is 5.75 Å². The average molecular weight is 238 g/mol. The van der Waals surface area contributed by atoms with Crippen molar-refractivity contribution in [2.45, 2.75) is 13.8 Å². The molecule has 0 saturated heterocycles. The molecule has 3 N–H and O–H groups in total. The van der Waals surface area contributed by atoms with Gasteiger partial charge in [-0.05, 0) is 12.0 Å². The van der Waals surface area contributed by atoms with Gasteiger partial charge in [0.25, 0.3) is 0 Å². The summed E-state index contributed by atoms with van der Waals surface area (Å²) in [7, 11) is 1.63. The molecule has 1 aromatic carbocycles. The van der Waals surface area contributed by atoms with Crippen LogP contribution in [0.3, 0.4) is 0 Å². The van der Waals surface area contributed by atoms with Crippen LogP contribution in [0.5, 0.6) is 5.75 Å². The summed E-state index contributed by atoms with van der Waals surface area (Å²) in [4.78, 5) is 0. The molecule has 1 rings (SSSR count). The van der Waals surface area contributed by atoms with Gasteiger partial charge in [-0.2, -0.15) is 0 Å². The number of nitrogens with two attached hydrogens (primary N) is 1. The Morgan fingerprint density at radius 3 is 2.71 bits per heavy atom. The molecular formula is C13H22N2O2. The van der Waals surface area contributed by atoms with Gasteiger partial charge in [-0.15, -0.1) is 0 Å². The molecule has 0 spiro atoms. The predicted octanol–water partition coefficient (Wildman–Crippen LogP) is 2.36. The normalized spacial score (nSPS) is 10.6. The quantitative estimate of drug-likeness (QED) is 0.565. The maximum atomic E-state index is 5.75. The van der Waals surface area contributed by atoms with Gasteiger partial charge in [-0.1, -0.05) is 13.8 Å². The van der Waals surface area contributed by atoms with Crippen LogP contribution < -0.4 is 15.8 Å². The van der Waals surface area contributed by atoms with E-state index in [1.54, 1.807) is 13.2 Å². The smallest absolute Gasteiger partial charge is 0.122 e. The molecule has 0 radical (unpaired) electrons. The van der Waals surface area contributed by atoms with E-state index in [9.17, 15) is 0 Å². The topological polar surface area (TPSA) is 56.5 Å². The van der Waals surface area contributed by atoms with Crippen LogP contribution in [0.4, 0.5) is 11.4 Å². The van der Waals surface area contributed by atoms with E-state index in [0.717, 1.165) is 24.6 Å². The maximum absolute atomic E-state index is 5.75. The number of hydrogen-bond acceptors (Lipinski definition) is 4. The minimum absolute atomic E-state index is 0.572. The predicted molar refractivity (Wildman–Crippen MR) is 71.6 cm³/mol. The van der Waals surface area contributed by atoms with Gasteiger partial charge in [0.2, 0.25) is 0 Å². The number of nitrogen functional groups attached to an aromatic ring is 1. The summed E-state index contributed by atoms with van der Waals surface area (Å²) in [5, 5.41) is 3.25. The fourth-order valence-electron chi connectivity index (χ4n) is 1.43. The summed E-state index contributed by atoms with van der Waals surface area (Å²) in [5.74, 6) is 1.33. The number of nitrogens with one attached hydrogen (secondary N) is 1. The zero-order valence-electron chi connectivity index (χ0n) is 10.8. The van der Waals surface area contributed by atoms with Crippen molar-refractivity contribution in [2.24, 2.45) is 5.92 Å². The molecule has 0 fully saturated rings. The van der Waals surface area contributed by atoms with Crippen LogP contribution in [0.1, 0.15) is 13.8 Å². The van der Waals surface area contributed by atoms with Crippen molar-refractivity contribution in [1.29, 1.82) is 0 Å². The van der Waals surface area contributed by atoms with Crippen molar-refractivity contribution in [3.63, 3.8) is 0 Å². The molecule has 0 aliphatic heterocycles. The molecule has 0 heterocycles. The Labute approximate surface area is 103 Å². The third-order valence-corrected chi connectivity index (χ3v) is 2.19. The molecule has 4 heteroatoms. The van der Waals surface area contributed by atoms with Gasteiger partial charge < -0.3 is 20.5 Å². The lowest BCUT2D eigenvalue weighted by Gasteiger charge is -2.10. The standard InChI is InChI=1S/C13H22N2O2/c1-10(2)9-17-5-4-15-12-6-11(14)7-13(8-12)16-3/h6-8,10,15H,4-5,9,14H2,1-3H3. The van der Waals surface area contributed by atoms with Crippen molar-refractivity contribution in [3.05, 3.63) is 18.2 Å². The summed E-state index contributed by atoms with van der Waals surface area (Å²) >= 11 is 0. The van der Waals surface area contributed by atoms with Gasteiger partial charge in [0.15, 0.2) is 0 Å². The van der Waals surface area contributed by atoms with Crippen molar-refractivity contribution in [2.75, 3.05) is 37.9 Å². The van der Waals surface area contributed by atoms with Crippen LogP contribution in [-0.2, 0) is 4.74 Å². The lowest BCUT2D eigenvalue weighted by Crippen LogP contribution is -2.12. The Morgan fingerprint density at radius 1 is 1.29 bits per heavy atom. The molecular weight excluding hydrogens is 216 g/mol. The van der Waals surface area contributed by atoms with Gasteiger partial charge in [-0.25, -0.2) is 0 Å².